The maximum Gasteiger partial charge on any atom is 0.337 e. The number of hydrazone groups is 1. The molecular formula is C23H24N4O3. The zero-order chi connectivity index (χ0) is 21.3. The third kappa shape index (κ3) is 3.54. The van der Waals surface area contributed by atoms with E-state index < -0.39 is 0 Å². The highest BCUT2D eigenvalue weighted by molar-refractivity contribution is 6.14. The Kier molecular flexibility index (Phi) is 5.27. The fraction of sp³-hybridized carbons (Fsp3) is 0.261. The van der Waals surface area contributed by atoms with Crippen LogP contribution in [0.4, 0.5) is 4.79 Å². The molecule has 0 saturated heterocycles. The Morgan fingerprint density at radius 1 is 1.13 bits per heavy atom. The van der Waals surface area contributed by atoms with Gasteiger partial charge in [0.25, 0.3) is 0 Å². The first kappa shape index (κ1) is 19.7. The van der Waals surface area contributed by atoms with E-state index in [1.165, 1.54) is 5.01 Å². The van der Waals surface area contributed by atoms with Crippen LogP contribution in [0.25, 0.3) is 11.1 Å². The number of aromatic nitrogens is 1. The number of ether oxygens (including phenoxy) is 1. The van der Waals surface area contributed by atoms with Crippen molar-refractivity contribution < 1.29 is 14.1 Å². The Balaban J connectivity index is 1.81. The highest BCUT2D eigenvalue weighted by atomic mass is 16.5. The molecule has 1 aliphatic rings. The molecule has 0 spiro atoms. The molecule has 0 fully saturated rings. The second-order valence-corrected chi connectivity index (χ2v) is 7.18. The summed E-state index contributed by atoms with van der Waals surface area (Å²) in [5.41, 5.74) is 6.61. The van der Waals surface area contributed by atoms with Crippen molar-refractivity contribution in [2.75, 3.05) is 20.7 Å². The average Bonchev–Trinajstić information content (AvgIpc) is 2.99. The van der Waals surface area contributed by atoms with Crippen molar-refractivity contribution in [1.82, 2.24) is 15.5 Å². The first-order valence-corrected chi connectivity index (χ1v) is 9.80. The maximum absolute atomic E-state index is 12.3. The van der Waals surface area contributed by atoms with E-state index in [0.717, 1.165) is 50.7 Å². The number of aryl methyl sites for hydroxylation is 2. The van der Waals surface area contributed by atoms with Crippen molar-refractivity contribution in [1.29, 1.82) is 0 Å². The van der Waals surface area contributed by atoms with Gasteiger partial charge in [0.05, 0.1) is 25.1 Å². The molecule has 2 amide bonds. The Bertz CT molecular complexity index is 1100. The van der Waals surface area contributed by atoms with E-state index in [9.17, 15) is 4.79 Å². The Morgan fingerprint density at radius 3 is 2.50 bits per heavy atom. The molecule has 3 aromatic rings. The van der Waals surface area contributed by atoms with Gasteiger partial charge in [-0.2, -0.15) is 5.10 Å². The number of nitrogens with one attached hydrogen (secondary N) is 1. The van der Waals surface area contributed by atoms with Crippen molar-refractivity contribution in [3.63, 3.8) is 0 Å². The normalized spacial score (nSPS) is 13.3. The summed E-state index contributed by atoms with van der Waals surface area (Å²) in [6.45, 7) is 4.33. The van der Waals surface area contributed by atoms with Gasteiger partial charge in [0.1, 0.15) is 11.5 Å². The number of amides is 2. The number of hydrogen-bond acceptors (Lipinski definition) is 5. The summed E-state index contributed by atoms with van der Waals surface area (Å²) in [6.07, 6.45) is 0.705. The molecule has 1 aromatic heterocycles. The molecule has 30 heavy (non-hydrogen) atoms. The summed E-state index contributed by atoms with van der Waals surface area (Å²) >= 11 is 0. The van der Waals surface area contributed by atoms with E-state index in [1.54, 1.807) is 14.2 Å². The average molecular weight is 404 g/mol. The third-order valence-corrected chi connectivity index (χ3v) is 5.31. The van der Waals surface area contributed by atoms with Gasteiger partial charge in [-0.15, -0.1) is 0 Å². The van der Waals surface area contributed by atoms with Crippen LogP contribution in [0, 0.1) is 13.8 Å². The lowest BCUT2D eigenvalue weighted by Gasteiger charge is -2.16. The largest absolute Gasteiger partial charge is 0.497 e. The lowest BCUT2D eigenvalue weighted by atomic mass is 9.94. The second-order valence-electron chi connectivity index (χ2n) is 7.18. The number of rotatable bonds is 3. The molecule has 1 aliphatic heterocycles. The number of methoxy groups -OCH3 is 1. The number of hydrogen-bond donors (Lipinski definition) is 1. The van der Waals surface area contributed by atoms with E-state index in [-0.39, 0.29) is 6.03 Å². The van der Waals surface area contributed by atoms with Crippen LogP contribution in [0.15, 0.2) is 52.1 Å². The lowest BCUT2D eigenvalue weighted by molar-refractivity contribution is 0.203. The first-order valence-electron chi connectivity index (χ1n) is 9.80. The van der Waals surface area contributed by atoms with Crippen molar-refractivity contribution in [3.05, 3.63) is 70.6 Å². The Hall–Kier alpha value is -3.61. The van der Waals surface area contributed by atoms with Crippen LogP contribution < -0.4 is 10.1 Å². The summed E-state index contributed by atoms with van der Waals surface area (Å²) in [4.78, 5) is 12.3. The van der Waals surface area contributed by atoms with Gasteiger partial charge in [0, 0.05) is 23.7 Å². The fourth-order valence-electron chi connectivity index (χ4n) is 3.75. The minimum Gasteiger partial charge on any atom is -0.497 e. The van der Waals surface area contributed by atoms with Gasteiger partial charge in [-0.1, -0.05) is 35.5 Å². The molecule has 0 unspecified atom stereocenters. The summed E-state index contributed by atoms with van der Waals surface area (Å²) in [6, 6.07) is 13.8. The molecule has 0 aliphatic carbocycles. The standard InChI is InChI=1S/C23H24N4O3/c1-14-21(15(2)30-26-14)17-5-7-18(8-6-17)22-20-13-19(29-4)10-9-16(20)11-12-27(25-22)23(28)24-3/h5-10,13H,11-12H2,1-4H3,(H,24,28). The number of carbonyl (C=O) groups excluding carboxylic acids is 1. The second kappa shape index (κ2) is 8.02. The quantitative estimate of drug-likeness (QED) is 0.718. The number of urea groups is 1. The molecule has 154 valence electrons. The van der Waals surface area contributed by atoms with Crippen molar-refractivity contribution in [2.45, 2.75) is 20.3 Å². The van der Waals surface area contributed by atoms with Gasteiger partial charge in [-0.25, -0.2) is 9.80 Å². The van der Waals surface area contributed by atoms with E-state index >= 15 is 0 Å². The number of fused-ring (bicyclic) bond motifs is 1. The molecule has 1 N–H and O–H groups in total. The van der Waals surface area contributed by atoms with Crippen LogP contribution in [0.3, 0.4) is 0 Å². The summed E-state index contributed by atoms with van der Waals surface area (Å²) in [5, 5.41) is 12.9. The summed E-state index contributed by atoms with van der Waals surface area (Å²) in [5.74, 6) is 1.54. The van der Waals surface area contributed by atoms with Gasteiger partial charge in [-0.05, 0) is 43.5 Å². The van der Waals surface area contributed by atoms with Gasteiger partial charge in [0.15, 0.2) is 0 Å². The molecule has 4 rings (SSSR count). The Morgan fingerprint density at radius 2 is 1.87 bits per heavy atom. The number of nitrogens with zero attached hydrogens (tertiary/aromatic N) is 3. The van der Waals surface area contributed by atoms with E-state index in [4.69, 9.17) is 14.4 Å². The van der Waals surface area contributed by atoms with E-state index in [2.05, 4.69) is 10.5 Å². The van der Waals surface area contributed by atoms with Crippen LogP contribution in [0.2, 0.25) is 0 Å². The summed E-state index contributed by atoms with van der Waals surface area (Å²) < 4.78 is 10.7. The van der Waals surface area contributed by atoms with Crippen LogP contribution in [-0.4, -0.2) is 42.6 Å². The van der Waals surface area contributed by atoms with E-state index in [0.29, 0.717) is 13.0 Å². The predicted octanol–water partition coefficient (Wildman–Crippen LogP) is 3.92. The molecule has 0 saturated carbocycles. The smallest absolute Gasteiger partial charge is 0.337 e. The van der Waals surface area contributed by atoms with Crippen molar-refractivity contribution in [3.8, 4) is 16.9 Å². The van der Waals surface area contributed by atoms with Crippen molar-refractivity contribution in [2.24, 2.45) is 5.10 Å². The minimum atomic E-state index is -0.236. The molecule has 2 heterocycles. The SMILES string of the molecule is CNC(=O)N1CCc2ccc(OC)cc2C(c2ccc(-c3c(C)noc3C)cc2)=N1. The monoisotopic (exact) mass is 404 g/mol. The molecule has 2 aromatic carbocycles. The van der Waals surface area contributed by atoms with Gasteiger partial charge in [-0.3, -0.25) is 0 Å². The van der Waals surface area contributed by atoms with Crippen LogP contribution in [0.5, 0.6) is 5.75 Å². The number of benzene rings is 2. The topological polar surface area (TPSA) is 80.0 Å². The highest BCUT2D eigenvalue weighted by Crippen LogP contribution is 2.29. The third-order valence-electron chi connectivity index (χ3n) is 5.31. The fourth-order valence-corrected chi connectivity index (χ4v) is 3.75. The van der Waals surface area contributed by atoms with E-state index in [1.807, 2.05) is 56.3 Å². The first-order chi connectivity index (χ1) is 14.5. The molecule has 7 nitrogen and oxygen atoms in total. The zero-order valence-electron chi connectivity index (χ0n) is 17.5. The molecule has 0 radical (unpaired) electrons. The highest BCUT2D eigenvalue weighted by Gasteiger charge is 2.22. The van der Waals surface area contributed by atoms with Gasteiger partial charge in [0.2, 0.25) is 0 Å². The summed E-state index contributed by atoms with van der Waals surface area (Å²) in [7, 11) is 3.25. The van der Waals surface area contributed by atoms with Crippen LogP contribution in [-0.2, 0) is 6.42 Å². The van der Waals surface area contributed by atoms with Crippen LogP contribution in [0.1, 0.15) is 28.1 Å². The van der Waals surface area contributed by atoms with Gasteiger partial charge >= 0.3 is 6.03 Å². The Labute approximate surface area is 175 Å². The maximum atomic E-state index is 12.3. The van der Waals surface area contributed by atoms with Crippen LogP contribution >= 0.6 is 0 Å². The molecular weight excluding hydrogens is 380 g/mol. The van der Waals surface area contributed by atoms with Gasteiger partial charge < -0.3 is 14.6 Å². The number of carbonyl (C=O) groups is 1. The minimum absolute atomic E-state index is 0.236. The molecule has 0 bridgehead atoms. The molecule has 7 heteroatoms. The predicted molar refractivity (Wildman–Crippen MR) is 115 cm³/mol. The molecule has 0 atom stereocenters. The zero-order valence-corrected chi connectivity index (χ0v) is 17.5. The van der Waals surface area contributed by atoms with Crippen molar-refractivity contribution >= 4 is 11.7 Å². The lowest BCUT2D eigenvalue weighted by Crippen LogP contribution is -2.35.